The average molecular weight is 200 g/mol. The standard InChI is InChI=1S/C10H20N2O2/c1-4-10(3,11)8(13)12-6-5-9(2,14)7-12/h14H,4-7,11H2,1-3H3. The molecule has 2 unspecified atom stereocenters. The fraction of sp³-hybridized carbons (Fsp3) is 0.900. The average Bonchev–Trinajstić information content (AvgIpc) is 2.44. The molecule has 0 bridgehead atoms. The zero-order valence-electron chi connectivity index (χ0n) is 9.21. The van der Waals surface area contributed by atoms with Crippen LogP contribution in [0.5, 0.6) is 0 Å². The number of amides is 1. The van der Waals surface area contributed by atoms with Gasteiger partial charge in [-0.25, -0.2) is 0 Å². The predicted octanol–water partition coefficient (Wildman–Crippen LogP) is 0.0971. The fourth-order valence-corrected chi connectivity index (χ4v) is 1.63. The van der Waals surface area contributed by atoms with Crippen molar-refractivity contribution in [1.82, 2.24) is 4.90 Å². The molecule has 1 saturated heterocycles. The van der Waals surface area contributed by atoms with Crippen LogP contribution >= 0.6 is 0 Å². The SMILES string of the molecule is CCC(C)(N)C(=O)N1CCC(C)(O)C1. The van der Waals surface area contributed by atoms with Gasteiger partial charge < -0.3 is 15.7 Å². The molecule has 3 N–H and O–H groups in total. The second-order valence-electron chi connectivity index (χ2n) is 4.74. The Balaban J connectivity index is 2.65. The second-order valence-corrected chi connectivity index (χ2v) is 4.74. The van der Waals surface area contributed by atoms with Gasteiger partial charge in [-0.3, -0.25) is 4.79 Å². The number of hydrogen-bond donors (Lipinski definition) is 2. The summed E-state index contributed by atoms with van der Waals surface area (Å²) < 4.78 is 0. The lowest BCUT2D eigenvalue weighted by atomic mass is 9.99. The maximum Gasteiger partial charge on any atom is 0.242 e. The summed E-state index contributed by atoms with van der Waals surface area (Å²) in [4.78, 5) is 13.5. The fourth-order valence-electron chi connectivity index (χ4n) is 1.63. The Morgan fingerprint density at radius 2 is 2.29 bits per heavy atom. The molecular weight excluding hydrogens is 180 g/mol. The molecule has 0 radical (unpaired) electrons. The summed E-state index contributed by atoms with van der Waals surface area (Å²) in [6.45, 7) is 6.39. The normalized spacial score (nSPS) is 31.6. The molecule has 0 aliphatic carbocycles. The van der Waals surface area contributed by atoms with E-state index in [9.17, 15) is 9.90 Å². The Kier molecular flexibility index (Phi) is 2.88. The van der Waals surface area contributed by atoms with Gasteiger partial charge in [-0.2, -0.15) is 0 Å². The zero-order chi connectivity index (χ0) is 11.0. The number of aliphatic hydroxyl groups is 1. The summed E-state index contributed by atoms with van der Waals surface area (Å²) in [5.74, 6) is -0.0576. The van der Waals surface area contributed by atoms with Crippen molar-refractivity contribution in [3.05, 3.63) is 0 Å². The largest absolute Gasteiger partial charge is 0.388 e. The highest BCUT2D eigenvalue weighted by Gasteiger charge is 2.39. The van der Waals surface area contributed by atoms with Crippen molar-refractivity contribution in [3.63, 3.8) is 0 Å². The number of β-amino-alcohol motifs (C(OH)–C–C–N with tert-alkyl or cyclic N) is 1. The number of carbonyl (C=O) groups is 1. The number of hydrogen-bond acceptors (Lipinski definition) is 3. The van der Waals surface area contributed by atoms with E-state index in [2.05, 4.69) is 0 Å². The summed E-state index contributed by atoms with van der Waals surface area (Å²) in [7, 11) is 0. The van der Waals surface area contributed by atoms with E-state index < -0.39 is 11.1 Å². The minimum absolute atomic E-state index is 0.0576. The molecule has 2 atom stereocenters. The molecule has 82 valence electrons. The summed E-state index contributed by atoms with van der Waals surface area (Å²) in [5, 5.41) is 9.72. The highest BCUT2D eigenvalue weighted by atomic mass is 16.3. The molecule has 4 nitrogen and oxygen atoms in total. The number of nitrogens with two attached hydrogens (primary N) is 1. The van der Waals surface area contributed by atoms with Crippen LogP contribution in [0.4, 0.5) is 0 Å². The zero-order valence-corrected chi connectivity index (χ0v) is 9.21. The van der Waals surface area contributed by atoms with E-state index >= 15 is 0 Å². The number of nitrogens with zero attached hydrogens (tertiary/aromatic N) is 1. The molecular formula is C10H20N2O2. The van der Waals surface area contributed by atoms with Crippen LogP contribution in [0.15, 0.2) is 0 Å². The molecule has 0 saturated carbocycles. The Labute approximate surface area is 85.1 Å². The first-order valence-electron chi connectivity index (χ1n) is 5.09. The summed E-state index contributed by atoms with van der Waals surface area (Å²) in [5.41, 5.74) is 4.33. The van der Waals surface area contributed by atoms with Gasteiger partial charge in [-0.1, -0.05) is 6.92 Å². The molecule has 4 heteroatoms. The van der Waals surface area contributed by atoms with Gasteiger partial charge in [-0.15, -0.1) is 0 Å². The van der Waals surface area contributed by atoms with Crippen molar-refractivity contribution in [2.75, 3.05) is 13.1 Å². The Morgan fingerprint density at radius 1 is 1.71 bits per heavy atom. The van der Waals surface area contributed by atoms with Crippen molar-refractivity contribution in [2.24, 2.45) is 5.73 Å². The monoisotopic (exact) mass is 200 g/mol. The van der Waals surface area contributed by atoms with Gasteiger partial charge >= 0.3 is 0 Å². The number of carbonyl (C=O) groups excluding carboxylic acids is 1. The molecule has 1 aliphatic rings. The van der Waals surface area contributed by atoms with Gasteiger partial charge in [0.15, 0.2) is 0 Å². The minimum Gasteiger partial charge on any atom is -0.388 e. The molecule has 0 spiro atoms. The first-order chi connectivity index (χ1) is 6.28. The minimum atomic E-state index is -0.791. The van der Waals surface area contributed by atoms with E-state index in [4.69, 9.17) is 5.73 Å². The third kappa shape index (κ3) is 2.25. The predicted molar refractivity (Wildman–Crippen MR) is 54.7 cm³/mol. The van der Waals surface area contributed by atoms with Gasteiger partial charge in [0, 0.05) is 13.1 Å². The molecule has 0 aromatic heterocycles. The van der Waals surface area contributed by atoms with E-state index in [0.29, 0.717) is 25.9 Å². The van der Waals surface area contributed by atoms with E-state index in [1.54, 1.807) is 18.7 Å². The van der Waals surface area contributed by atoms with Crippen LogP contribution in [0.1, 0.15) is 33.6 Å². The molecule has 14 heavy (non-hydrogen) atoms. The summed E-state index contributed by atoms with van der Waals surface area (Å²) >= 11 is 0. The lowest BCUT2D eigenvalue weighted by molar-refractivity contribution is -0.136. The first kappa shape index (κ1) is 11.5. The van der Waals surface area contributed by atoms with E-state index in [1.807, 2.05) is 6.92 Å². The maximum atomic E-state index is 11.9. The molecule has 1 rings (SSSR count). The second kappa shape index (κ2) is 3.51. The summed E-state index contributed by atoms with van der Waals surface area (Å²) in [6.07, 6.45) is 1.25. The van der Waals surface area contributed by atoms with Crippen LogP contribution < -0.4 is 5.73 Å². The van der Waals surface area contributed by atoms with Crippen LogP contribution in [0.3, 0.4) is 0 Å². The van der Waals surface area contributed by atoms with Crippen molar-refractivity contribution >= 4 is 5.91 Å². The van der Waals surface area contributed by atoms with E-state index in [1.165, 1.54) is 0 Å². The van der Waals surface area contributed by atoms with Crippen LogP contribution in [0.25, 0.3) is 0 Å². The molecule has 1 fully saturated rings. The maximum absolute atomic E-state index is 11.9. The van der Waals surface area contributed by atoms with E-state index in [-0.39, 0.29) is 5.91 Å². The van der Waals surface area contributed by atoms with Crippen LogP contribution in [-0.2, 0) is 4.79 Å². The number of likely N-dealkylation sites (tertiary alicyclic amines) is 1. The Bertz CT molecular complexity index is 236. The van der Waals surface area contributed by atoms with Crippen LogP contribution in [0.2, 0.25) is 0 Å². The Hall–Kier alpha value is -0.610. The molecule has 0 aromatic rings. The van der Waals surface area contributed by atoms with Crippen molar-refractivity contribution in [2.45, 2.75) is 44.8 Å². The quantitative estimate of drug-likeness (QED) is 0.664. The molecule has 1 aliphatic heterocycles. The molecule has 1 heterocycles. The van der Waals surface area contributed by atoms with Gasteiger partial charge in [0.2, 0.25) is 5.91 Å². The van der Waals surface area contributed by atoms with Crippen LogP contribution in [0, 0.1) is 0 Å². The topological polar surface area (TPSA) is 66.6 Å². The van der Waals surface area contributed by atoms with Gasteiger partial charge in [-0.05, 0) is 26.7 Å². The third-order valence-corrected chi connectivity index (χ3v) is 2.96. The van der Waals surface area contributed by atoms with Gasteiger partial charge in [0.25, 0.3) is 0 Å². The smallest absolute Gasteiger partial charge is 0.242 e. The highest BCUT2D eigenvalue weighted by molar-refractivity contribution is 5.85. The first-order valence-corrected chi connectivity index (χ1v) is 5.09. The molecule has 1 amide bonds. The third-order valence-electron chi connectivity index (χ3n) is 2.96. The Morgan fingerprint density at radius 3 is 2.64 bits per heavy atom. The van der Waals surface area contributed by atoms with E-state index in [0.717, 1.165) is 0 Å². The summed E-state index contributed by atoms with van der Waals surface area (Å²) in [6, 6.07) is 0. The van der Waals surface area contributed by atoms with Gasteiger partial charge in [0.1, 0.15) is 0 Å². The molecule has 0 aromatic carbocycles. The highest BCUT2D eigenvalue weighted by Crippen LogP contribution is 2.23. The van der Waals surface area contributed by atoms with Crippen LogP contribution in [-0.4, -0.2) is 40.1 Å². The van der Waals surface area contributed by atoms with Crippen molar-refractivity contribution in [3.8, 4) is 0 Å². The number of rotatable bonds is 2. The van der Waals surface area contributed by atoms with Crippen molar-refractivity contribution < 1.29 is 9.90 Å². The van der Waals surface area contributed by atoms with Crippen molar-refractivity contribution in [1.29, 1.82) is 0 Å². The lowest BCUT2D eigenvalue weighted by Gasteiger charge is -2.28. The lowest BCUT2D eigenvalue weighted by Crippen LogP contribution is -2.52. The van der Waals surface area contributed by atoms with Gasteiger partial charge in [0.05, 0.1) is 11.1 Å².